The highest BCUT2D eigenvalue weighted by Gasteiger charge is 2.17. The van der Waals surface area contributed by atoms with E-state index in [2.05, 4.69) is 29.6 Å². The monoisotopic (exact) mass is 215 g/mol. The Morgan fingerprint density at radius 2 is 2.19 bits per heavy atom. The van der Waals surface area contributed by atoms with Crippen LogP contribution < -0.4 is 10.1 Å². The first-order valence-electron chi connectivity index (χ1n) is 6.10. The third-order valence-electron chi connectivity index (χ3n) is 3.34. The van der Waals surface area contributed by atoms with E-state index in [1.54, 1.807) is 0 Å². The summed E-state index contributed by atoms with van der Waals surface area (Å²) in [6.07, 6.45) is 5.71. The van der Waals surface area contributed by atoms with Crippen molar-refractivity contribution in [1.82, 2.24) is 5.32 Å². The van der Waals surface area contributed by atoms with Crippen molar-refractivity contribution in [3.05, 3.63) is 35.4 Å². The molecule has 0 amide bonds. The molecule has 2 nitrogen and oxygen atoms in total. The standard InChI is InChI=1S/C14H17NO/c1-3-12-4-2-10-16-14(12)13(5-1)11-6-8-15-9-7-11/h1,3,5-6,15H,2,4,7-10H2. The minimum Gasteiger partial charge on any atom is -0.493 e. The predicted molar refractivity (Wildman–Crippen MR) is 65.7 cm³/mol. The summed E-state index contributed by atoms with van der Waals surface area (Å²) in [5, 5.41) is 3.35. The normalized spacial score (nSPS) is 19.6. The van der Waals surface area contributed by atoms with E-state index in [0.29, 0.717) is 0 Å². The van der Waals surface area contributed by atoms with Crippen LogP contribution in [0.5, 0.6) is 5.75 Å². The van der Waals surface area contributed by atoms with Crippen LogP contribution in [0.3, 0.4) is 0 Å². The highest BCUT2D eigenvalue weighted by molar-refractivity contribution is 5.73. The van der Waals surface area contributed by atoms with Gasteiger partial charge in [0.15, 0.2) is 0 Å². The van der Waals surface area contributed by atoms with Crippen LogP contribution in [-0.4, -0.2) is 19.7 Å². The Kier molecular flexibility index (Phi) is 2.66. The summed E-state index contributed by atoms with van der Waals surface area (Å²) in [6, 6.07) is 6.55. The average molecular weight is 215 g/mol. The second-order valence-electron chi connectivity index (χ2n) is 4.43. The zero-order valence-corrected chi connectivity index (χ0v) is 9.46. The molecule has 16 heavy (non-hydrogen) atoms. The van der Waals surface area contributed by atoms with E-state index in [0.717, 1.165) is 44.7 Å². The Morgan fingerprint density at radius 3 is 3.06 bits per heavy atom. The average Bonchev–Trinajstić information content (AvgIpc) is 2.39. The lowest BCUT2D eigenvalue weighted by molar-refractivity contribution is 0.287. The molecule has 0 fully saturated rings. The number of hydrogen-bond acceptors (Lipinski definition) is 2. The van der Waals surface area contributed by atoms with Crippen molar-refractivity contribution in [3.8, 4) is 5.75 Å². The molecule has 2 aliphatic heterocycles. The van der Waals surface area contributed by atoms with Gasteiger partial charge in [0.25, 0.3) is 0 Å². The van der Waals surface area contributed by atoms with Gasteiger partial charge < -0.3 is 10.1 Å². The van der Waals surface area contributed by atoms with Gasteiger partial charge in [-0.25, -0.2) is 0 Å². The highest BCUT2D eigenvalue weighted by Crippen LogP contribution is 2.34. The Hall–Kier alpha value is -1.28. The van der Waals surface area contributed by atoms with Crippen LogP contribution in [-0.2, 0) is 6.42 Å². The minimum atomic E-state index is 0.871. The van der Waals surface area contributed by atoms with Gasteiger partial charge in [-0.05, 0) is 36.9 Å². The summed E-state index contributed by atoms with van der Waals surface area (Å²) in [7, 11) is 0. The van der Waals surface area contributed by atoms with Crippen molar-refractivity contribution < 1.29 is 4.74 Å². The minimum absolute atomic E-state index is 0.871. The molecule has 0 saturated heterocycles. The molecule has 0 unspecified atom stereocenters. The Labute approximate surface area is 96.3 Å². The van der Waals surface area contributed by atoms with Gasteiger partial charge in [-0.1, -0.05) is 24.3 Å². The highest BCUT2D eigenvalue weighted by atomic mass is 16.5. The lowest BCUT2D eigenvalue weighted by atomic mass is 9.94. The van der Waals surface area contributed by atoms with Crippen LogP contribution >= 0.6 is 0 Å². The molecule has 0 bridgehead atoms. The predicted octanol–water partition coefficient (Wildman–Crippen LogP) is 2.39. The van der Waals surface area contributed by atoms with Gasteiger partial charge in [0.1, 0.15) is 5.75 Å². The van der Waals surface area contributed by atoms with Crippen LogP contribution in [0.1, 0.15) is 24.0 Å². The summed E-state index contributed by atoms with van der Waals surface area (Å²) in [6.45, 7) is 2.93. The fourth-order valence-corrected chi connectivity index (χ4v) is 2.51. The van der Waals surface area contributed by atoms with Gasteiger partial charge in [-0.2, -0.15) is 0 Å². The maximum atomic E-state index is 5.85. The van der Waals surface area contributed by atoms with E-state index in [1.807, 2.05) is 0 Å². The maximum absolute atomic E-state index is 5.85. The molecule has 0 spiro atoms. The summed E-state index contributed by atoms with van der Waals surface area (Å²) in [5.74, 6) is 1.14. The zero-order chi connectivity index (χ0) is 10.8. The summed E-state index contributed by atoms with van der Waals surface area (Å²) in [4.78, 5) is 0. The third-order valence-corrected chi connectivity index (χ3v) is 3.34. The van der Waals surface area contributed by atoms with Crippen LogP contribution in [0.4, 0.5) is 0 Å². The first-order valence-corrected chi connectivity index (χ1v) is 6.10. The number of ether oxygens (including phenoxy) is 1. The first kappa shape index (κ1) is 9.91. The second-order valence-corrected chi connectivity index (χ2v) is 4.43. The number of hydrogen-bond donors (Lipinski definition) is 1. The number of fused-ring (bicyclic) bond motifs is 1. The molecule has 84 valence electrons. The molecule has 0 radical (unpaired) electrons. The molecule has 3 rings (SSSR count). The lowest BCUT2D eigenvalue weighted by Crippen LogP contribution is -2.20. The molecule has 0 aliphatic carbocycles. The van der Waals surface area contributed by atoms with Gasteiger partial charge in [0.2, 0.25) is 0 Å². The van der Waals surface area contributed by atoms with E-state index in [-0.39, 0.29) is 0 Å². The van der Waals surface area contributed by atoms with Crippen LogP contribution in [0, 0.1) is 0 Å². The molecular formula is C14H17NO. The Morgan fingerprint density at radius 1 is 1.19 bits per heavy atom. The lowest BCUT2D eigenvalue weighted by Gasteiger charge is -2.23. The number of benzene rings is 1. The Balaban J connectivity index is 2.03. The van der Waals surface area contributed by atoms with Gasteiger partial charge in [0, 0.05) is 12.1 Å². The first-order chi connectivity index (χ1) is 7.95. The zero-order valence-electron chi connectivity index (χ0n) is 9.46. The fraction of sp³-hybridized carbons (Fsp3) is 0.429. The number of nitrogens with one attached hydrogen (secondary N) is 1. The van der Waals surface area contributed by atoms with Gasteiger partial charge >= 0.3 is 0 Å². The van der Waals surface area contributed by atoms with Crippen LogP contribution in [0.2, 0.25) is 0 Å². The van der Waals surface area contributed by atoms with Crippen LogP contribution in [0.15, 0.2) is 24.3 Å². The van der Waals surface area contributed by atoms with Crippen molar-refractivity contribution in [2.24, 2.45) is 0 Å². The Bertz CT molecular complexity index is 423. The number of para-hydroxylation sites is 1. The van der Waals surface area contributed by atoms with E-state index >= 15 is 0 Å². The molecule has 0 atom stereocenters. The third kappa shape index (κ3) is 1.74. The fourth-order valence-electron chi connectivity index (χ4n) is 2.51. The van der Waals surface area contributed by atoms with Gasteiger partial charge in [0.05, 0.1) is 6.61 Å². The summed E-state index contributed by atoms with van der Waals surface area (Å²) >= 11 is 0. The molecule has 2 heteroatoms. The van der Waals surface area contributed by atoms with E-state index in [4.69, 9.17) is 4.74 Å². The molecule has 2 heterocycles. The molecular weight excluding hydrogens is 198 g/mol. The molecule has 1 aromatic carbocycles. The summed E-state index contributed by atoms with van der Waals surface area (Å²) in [5.41, 5.74) is 4.14. The smallest absolute Gasteiger partial charge is 0.129 e. The quantitative estimate of drug-likeness (QED) is 0.776. The molecule has 0 aromatic heterocycles. The molecule has 1 N–H and O–H groups in total. The van der Waals surface area contributed by atoms with Crippen LogP contribution in [0.25, 0.3) is 5.57 Å². The second kappa shape index (κ2) is 4.30. The van der Waals surface area contributed by atoms with Crippen molar-refractivity contribution in [1.29, 1.82) is 0 Å². The topological polar surface area (TPSA) is 21.3 Å². The van der Waals surface area contributed by atoms with Gasteiger partial charge in [-0.3, -0.25) is 0 Å². The van der Waals surface area contributed by atoms with E-state index < -0.39 is 0 Å². The number of rotatable bonds is 1. The molecule has 2 aliphatic rings. The maximum Gasteiger partial charge on any atom is 0.129 e. The van der Waals surface area contributed by atoms with Crippen molar-refractivity contribution in [2.45, 2.75) is 19.3 Å². The largest absolute Gasteiger partial charge is 0.493 e. The van der Waals surface area contributed by atoms with E-state index in [1.165, 1.54) is 16.7 Å². The van der Waals surface area contributed by atoms with Crippen molar-refractivity contribution in [2.75, 3.05) is 19.7 Å². The number of aryl methyl sites for hydroxylation is 1. The van der Waals surface area contributed by atoms with Gasteiger partial charge in [-0.15, -0.1) is 0 Å². The molecule has 0 saturated carbocycles. The van der Waals surface area contributed by atoms with E-state index in [9.17, 15) is 0 Å². The SMILES string of the molecule is C1=C(c2cccc3c2OCCC3)CCNC1. The summed E-state index contributed by atoms with van der Waals surface area (Å²) < 4.78 is 5.85. The van der Waals surface area contributed by atoms with Crippen molar-refractivity contribution >= 4 is 5.57 Å². The molecule has 1 aromatic rings. The van der Waals surface area contributed by atoms with Crippen molar-refractivity contribution in [3.63, 3.8) is 0 Å².